The number of hydrogen-bond acceptors (Lipinski definition) is 7. The number of carbonyl (C=O) groups is 3. The number of carbonyl (C=O) groups excluding carboxylic acids is 2. The number of likely N-dealkylation sites (tertiary alicyclic amines) is 1. The molecule has 0 aromatic rings. The van der Waals surface area contributed by atoms with Crippen molar-refractivity contribution in [3.63, 3.8) is 0 Å². The highest BCUT2D eigenvalue weighted by Gasteiger charge is 2.69. The number of fused-ring (bicyclic) bond motifs is 1. The lowest BCUT2D eigenvalue weighted by Crippen LogP contribution is -2.76. The van der Waals surface area contributed by atoms with Gasteiger partial charge in [-0.05, 0) is 31.8 Å². The summed E-state index contributed by atoms with van der Waals surface area (Å²) in [6.07, 6.45) is 3.26. The van der Waals surface area contributed by atoms with Crippen LogP contribution >= 0.6 is 11.8 Å². The van der Waals surface area contributed by atoms with Crippen LogP contribution in [0, 0.1) is 5.92 Å². The molecule has 5 N–H and O–H groups in total. The average Bonchev–Trinajstić information content (AvgIpc) is 3.43. The van der Waals surface area contributed by atoms with Crippen LogP contribution in [-0.2, 0) is 14.4 Å². The Morgan fingerprint density at radius 2 is 2.23 bits per heavy atom. The Morgan fingerprint density at radius 1 is 1.48 bits per heavy atom. The van der Waals surface area contributed by atoms with Crippen molar-refractivity contribution in [2.45, 2.75) is 60.9 Å². The van der Waals surface area contributed by atoms with Crippen molar-refractivity contribution >= 4 is 35.9 Å². The van der Waals surface area contributed by atoms with E-state index in [2.05, 4.69) is 10.3 Å². The van der Waals surface area contributed by atoms with E-state index in [1.807, 2.05) is 6.92 Å². The summed E-state index contributed by atoms with van der Waals surface area (Å²) >= 11 is 1.38. The van der Waals surface area contributed by atoms with Crippen molar-refractivity contribution in [3.8, 4) is 0 Å². The van der Waals surface area contributed by atoms with Gasteiger partial charge in [0.05, 0.1) is 30.6 Å². The number of thioether (sulfide) groups is 1. The first-order valence-corrected chi connectivity index (χ1v) is 11.5. The van der Waals surface area contributed by atoms with Crippen LogP contribution in [0.15, 0.2) is 16.8 Å². The van der Waals surface area contributed by atoms with E-state index < -0.39 is 22.9 Å². The maximum Gasteiger partial charge on any atom is 0.352 e. The van der Waals surface area contributed by atoms with E-state index in [0.717, 1.165) is 6.42 Å². The lowest BCUT2D eigenvalue weighted by Gasteiger charge is -2.56. The predicted molar refractivity (Wildman–Crippen MR) is 115 cm³/mol. The van der Waals surface area contributed by atoms with E-state index in [-0.39, 0.29) is 40.8 Å². The Labute approximate surface area is 184 Å². The maximum absolute atomic E-state index is 13.1. The number of β-lactam (4-membered cyclic amide) rings is 1. The van der Waals surface area contributed by atoms with Crippen LogP contribution in [0.1, 0.15) is 26.7 Å². The van der Waals surface area contributed by atoms with Crippen LogP contribution in [0.2, 0.25) is 0 Å². The van der Waals surface area contributed by atoms with Crippen LogP contribution in [-0.4, -0.2) is 98.0 Å². The van der Waals surface area contributed by atoms with Gasteiger partial charge in [-0.25, -0.2) is 4.79 Å². The third-order valence-corrected chi connectivity index (χ3v) is 8.65. The van der Waals surface area contributed by atoms with E-state index in [1.165, 1.54) is 23.0 Å². The Balaban J connectivity index is 1.43. The largest absolute Gasteiger partial charge is 0.477 e. The first kappa shape index (κ1) is 22.1. The molecule has 3 saturated heterocycles. The molecule has 0 saturated carbocycles. The molecule has 0 aromatic carbocycles. The van der Waals surface area contributed by atoms with E-state index in [4.69, 9.17) is 5.73 Å². The lowest BCUT2D eigenvalue weighted by atomic mass is 9.78. The minimum atomic E-state index is -1.14. The standard InChI is InChI=1S/C20H29N5O5S/c1-10-5-15(18(28)29)25-16(10)20(11(2)26,19(25)30)31-13-6-14(22-7-13)17(27)24-4-3-12(8-24)23-9-21/h5,9-14,16,22,26H,3-4,6-8H2,1-2H3,(H2,21,23)(H,28,29)/t10?,11?,12?,13?,14?,16-,20?/m0/s1. The fourth-order valence-electron chi connectivity index (χ4n) is 5.35. The smallest absolute Gasteiger partial charge is 0.352 e. The zero-order chi connectivity index (χ0) is 22.5. The highest BCUT2D eigenvalue weighted by Crippen LogP contribution is 2.55. The fourth-order valence-corrected chi connectivity index (χ4v) is 7.23. The van der Waals surface area contributed by atoms with Gasteiger partial charge in [-0.2, -0.15) is 0 Å². The second-order valence-electron chi connectivity index (χ2n) is 8.77. The van der Waals surface area contributed by atoms with Gasteiger partial charge in [0, 0.05) is 24.9 Å². The SMILES string of the molecule is CC1C=C(C(=O)O)N2C(=O)C(SC3CNC(C(=O)N4CCC(N=CN)C4)C3)(C(C)O)[C@H]12. The number of carboxylic acids is 1. The third kappa shape index (κ3) is 3.42. The van der Waals surface area contributed by atoms with Gasteiger partial charge >= 0.3 is 5.97 Å². The van der Waals surface area contributed by atoms with E-state index in [0.29, 0.717) is 26.1 Å². The number of hydrogen-bond donors (Lipinski definition) is 4. The monoisotopic (exact) mass is 451 g/mol. The van der Waals surface area contributed by atoms with E-state index >= 15 is 0 Å². The van der Waals surface area contributed by atoms with Crippen molar-refractivity contribution in [3.05, 3.63) is 11.8 Å². The molecule has 2 amide bonds. The second kappa shape index (κ2) is 8.10. The fraction of sp³-hybridized carbons (Fsp3) is 0.700. The van der Waals surface area contributed by atoms with Gasteiger partial charge in [-0.1, -0.05) is 6.92 Å². The Bertz CT molecular complexity index is 848. The lowest BCUT2D eigenvalue weighted by molar-refractivity contribution is -0.158. The molecule has 3 fully saturated rings. The summed E-state index contributed by atoms with van der Waals surface area (Å²) in [5.74, 6) is -1.66. The van der Waals surface area contributed by atoms with Crippen LogP contribution in [0.3, 0.4) is 0 Å². The minimum absolute atomic E-state index is 0.0132. The Morgan fingerprint density at radius 3 is 2.87 bits per heavy atom. The maximum atomic E-state index is 13.1. The van der Waals surface area contributed by atoms with Crippen LogP contribution in [0.25, 0.3) is 0 Å². The number of nitrogens with one attached hydrogen (secondary N) is 1. The molecule has 7 atom stereocenters. The van der Waals surface area contributed by atoms with Crippen molar-refractivity contribution in [1.29, 1.82) is 0 Å². The summed E-state index contributed by atoms with van der Waals surface area (Å²) in [4.78, 5) is 44.8. The molecule has 0 radical (unpaired) electrons. The first-order valence-electron chi connectivity index (χ1n) is 10.6. The summed E-state index contributed by atoms with van der Waals surface area (Å²) in [7, 11) is 0. The molecule has 4 aliphatic heterocycles. The van der Waals surface area contributed by atoms with Gasteiger partial charge in [-0.3, -0.25) is 19.5 Å². The second-order valence-corrected chi connectivity index (χ2v) is 10.3. The van der Waals surface area contributed by atoms with Crippen molar-refractivity contribution in [1.82, 2.24) is 15.1 Å². The zero-order valence-electron chi connectivity index (χ0n) is 17.6. The molecule has 4 rings (SSSR count). The minimum Gasteiger partial charge on any atom is -0.477 e. The van der Waals surface area contributed by atoms with Crippen LogP contribution < -0.4 is 11.1 Å². The van der Waals surface area contributed by atoms with Gasteiger partial charge in [-0.15, -0.1) is 11.8 Å². The molecule has 31 heavy (non-hydrogen) atoms. The molecule has 4 heterocycles. The van der Waals surface area contributed by atoms with Crippen molar-refractivity contribution in [2.24, 2.45) is 16.6 Å². The highest BCUT2D eigenvalue weighted by molar-refractivity contribution is 8.02. The van der Waals surface area contributed by atoms with Crippen molar-refractivity contribution in [2.75, 3.05) is 19.6 Å². The quantitative estimate of drug-likeness (QED) is 0.228. The number of amides is 2. The molecule has 0 spiro atoms. The van der Waals surface area contributed by atoms with Gasteiger partial charge < -0.3 is 26.2 Å². The summed E-state index contributed by atoms with van der Waals surface area (Å²) in [5, 5.41) is 23.2. The molecular formula is C20H29N5O5S. The van der Waals surface area contributed by atoms with Gasteiger partial charge in [0.1, 0.15) is 10.4 Å². The number of rotatable bonds is 6. The summed E-state index contributed by atoms with van der Waals surface area (Å²) in [5.41, 5.74) is 5.34. The Kier molecular flexibility index (Phi) is 5.78. The topological polar surface area (TPSA) is 149 Å². The normalized spacial score (nSPS) is 38.4. The molecule has 0 aliphatic carbocycles. The predicted octanol–water partition coefficient (Wildman–Crippen LogP) is -1.01. The summed E-state index contributed by atoms with van der Waals surface area (Å²) in [6.45, 7) is 5.19. The average molecular weight is 452 g/mol. The molecule has 0 aromatic heterocycles. The zero-order valence-corrected chi connectivity index (χ0v) is 18.4. The summed E-state index contributed by atoms with van der Waals surface area (Å²) in [6, 6.07) is -0.708. The van der Waals surface area contributed by atoms with Gasteiger partial charge in [0.2, 0.25) is 11.8 Å². The van der Waals surface area contributed by atoms with E-state index in [9.17, 15) is 24.6 Å². The number of aliphatic hydroxyl groups excluding tert-OH is 1. The molecule has 10 nitrogen and oxygen atoms in total. The third-order valence-electron chi connectivity index (χ3n) is 6.81. The number of aliphatic imine (C=N–C) groups is 1. The molecule has 6 unspecified atom stereocenters. The molecule has 11 heteroatoms. The number of aliphatic hydroxyl groups is 1. The molecule has 170 valence electrons. The highest BCUT2D eigenvalue weighted by atomic mass is 32.2. The number of aliphatic carboxylic acids is 1. The summed E-state index contributed by atoms with van der Waals surface area (Å²) < 4.78 is -1.11. The van der Waals surface area contributed by atoms with Crippen LogP contribution in [0.4, 0.5) is 0 Å². The van der Waals surface area contributed by atoms with Gasteiger partial charge in [0.15, 0.2) is 0 Å². The Hall–Kier alpha value is -2.11. The molecular weight excluding hydrogens is 422 g/mol. The van der Waals surface area contributed by atoms with Crippen LogP contribution in [0.5, 0.6) is 0 Å². The number of nitrogens with two attached hydrogens (primary N) is 1. The molecule has 0 bridgehead atoms. The van der Waals surface area contributed by atoms with E-state index in [1.54, 1.807) is 17.9 Å². The first-order chi connectivity index (χ1) is 14.7. The van der Waals surface area contributed by atoms with Gasteiger partial charge in [0.25, 0.3) is 0 Å². The van der Waals surface area contributed by atoms with Crippen molar-refractivity contribution < 1.29 is 24.6 Å². The molecule has 4 aliphatic rings. The number of nitrogens with zero attached hydrogens (tertiary/aromatic N) is 3. The number of carboxylic acid groups (broad SMARTS) is 1.